The van der Waals surface area contributed by atoms with Crippen molar-refractivity contribution in [2.24, 2.45) is 0 Å². The Morgan fingerprint density at radius 2 is 1.94 bits per heavy atom. The van der Waals surface area contributed by atoms with Crippen LogP contribution in [0.5, 0.6) is 0 Å². The quantitative estimate of drug-likeness (QED) is 0.675. The summed E-state index contributed by atoms with van der Waals surface area (Å²) in [6.45, 7) is 0. The maximum absolute atomic E-state index is 13.6. The number of benzene rings is 1. The van der Waals surface area contributed by atoms with Crippen LogP contribution < -0.4 is 0 Å². The molecule has 0 radical (unpaired) electrons. The molecule has 1 aromatic carbocycles. The van der Waals surface area contributed by atoms with Crippen molar-refractivity contribution in [2.45, 2.75) is 0 Å². The van der Waals surface area contributed by atoms with Gasteiger partial charge in [0.25, 0.3) is 0 Å². The van der Waals surface area contributed by atoms with E-state index in [1.165, 1.54) is 6.07 Å². The number of aromatic amines is 1. The number of aromatic nitrogens is 3. The minimum Gasteiger partial charge on any atom is -0.343 e. The molecule has 3 aromatic rings. The maximum atomic E-state index is 13.6. The lowest BCUT2D eigenvalue weighted by Gasteiger charge is -2.02. The Morgan fingerprint density at radius 1 is 1.06 bits per heavy atom. The molecule has 2 aromatic heterocycles. The molecule has 2 heterocycles. The normalized spacial score (nSPS) is 10.8. The monoisotopic (exact) mass is 213 g/mol. The van der Waals surface area contributed by atoms with Crippen molar-refractivity contribution < 1.29 is 4.39 Å². The summed E-state index contributed by atoms with van der Waals surface area (Å²) in [5.74, 6) is -0.264. The zero-order valence-corrected chi connectivity index (χ0v) is 8.31. The fraction of sp³-hybridized carbons (Fsp3) is 0. The average molecular weight is 213 g/mol. The summed E-state index contributed by atoms with van der Waals surface area (Å²) in [5, 5.41) is 0. The van der Waals surface area contributed by atoms with Crippen molar-refractivity contribution in [1.29, 1.82) is 0 Å². The number of hydrogen-bond donors (Lipinski definition) is 1. The van der Waals surface area contributed by atoms with Gasteiger partial charge in [0.05, 0.1) is 23.6 Å². The molecule has 0 aliphatic rings. The molecule has 0 fully saturated rings. The van der Waals surface area contributed by atoms with Gasteiger partial charge in [-0.25, -0.2) is 9.37 Å². The van der Waals surface area contributed by atoms with Crippen LogP contribution in [0.25, 0.3) is 22.2 Å². The highest BCUT2D eigenvalue weighted by molar-refractivity contribution is 5.90. The summed E-state index contributed by atoms with van der Waals surface area (Å²) in [6.07, 6.45) is 4.88. The van der Waals surface area contributed by atoms with Gasteiger partial charge in [-0.3, -0.25) is 4.98 Å². The van der Waals surface area contributed by atoms with E-state index in [0.29, 0.717) is 11.1 Å². The molecule has 1 N–H and O–H groups in total. The van der Waals surface area contributed by atoms with Crippen LogP contribution in [0, 0.1) is 5.82 Å². The van der Waals surface area contributed by atoms with Crippen molar-refractivity contribution in [3.05, 3.63) is 48.8 Å². The first-order chi connectivity index (χ1) is 7.86. The molecular weight excluding hydrogens is 205 g/mol. The van der Waals surface area contributed by atoms with Crippen LogP contribution in [0.3, 0.4) is 0 Å². The number of H-pyrrole nitrogens is 1. The Hall–Kier alpha value is -2.23. The minimum atomic E-state index is -0.264. The standard InChI is InChI=1S/C12H8FN3/c13-10-4-2-1-3-8(10)9-5-14-6-11-12(9)16-7-15-11/h1-7H,(H,15,16). The molecule has 3 nitrogen and oxygen atoms in total. The van der Waals surface area contributed by atoms with E-state index in [1.807, 2.05) is 0 Å². The van der Waals surface area contributed by atoms with Gasteiger partial charge in [0, 0.05) is 17.3 Å². The van der Waals surface area contributed by atoms with Crippen LogP contribution in [-0.2, 0) is 0 Å². The van der Waals surface area contributed by atoms with Crippen LogP contribution in [0.1, 0.15) is 0 Å². The van der Waals surface area contributed by atoms with Crippen molar-refractivity contribution >= 4 is 11.0 Å². The Balaban J connectivity index is 2.34. The van der Waals surface area contributed by atoms with Crippen molar-refractivity contribution in [1.82, 2.24) is 15.0 Å². The molecule has 78 valence electrons. The SMILES string of the molecule is Fc1ccccc1-c1cncc2[nH]cnc12. The first-order valence-electron chi connectivity index (χ1n) is 4.88. The van der Waals surface area contributed by atoms with Crippen LogP contribution in [-0.4, -0.2) is 15.0 Å². The lowest BCUT2D eigenvalue weighted by molar-refractivity contribution is 0.631. The highest BCUT2D eigenvalue weighted by Crippen LogP contribution is 2.27. The molecule has 4 heteroatoms. The molecular formula is C12H8FN3. The third kappa shape index (κ3) is 1.27. The number of imidazole rings is 1. The summed E-state index contributed by atoms with van der Waals surface area (Å²) < 4.78 is 13.6. The second-order valence-corrected chi connectivity index (χ2v) is 3.47. The largest absolute Gasteiger partial charge is 0.343 e. The van der Waals surface area contributed by atoms with E-state index in [9.17, 15) is 4.39 Å². The predicted octanol–water partition coefficient (Wildman–Crippen LogP) is 2.76. The van der Waals surface area contributed by atoms with Crippen molar-refractivity contribution in [3.63, 3.8) is 0 Å². The molecule has 0 amide bonds. The second kappa shape index (κ2) is 3.41. The molecule has 0 unspecified atom stereocenters. The number of halogens is 1. The minimum absolute atomic E-state index is 0.264. The Labute approximate surface area is 91.0 Å². The lowest BCUT2D eigenvalue weighted by atomic mass is 10.1. The van der Waals surface area contributed by atoms with Gasteiger partial charge >= 0.3 is 0 Å². The molecule has 0 saturated heterocycles. The highest BCUT2D eigenvalue weighted by atomic mass is 19.1. The summed E-state index contributed by atoms with van der Waals surface area (Å²) in [7, 11) is 0. The molecule has 0 atom stereocenters. The van der Waals surface area contributed by atoms with E-state index < -0.39 is 0 Å². The van der Waals surface area contributed by atoms with Crippen LogP contribution in [0.4, 0.5) is 4.39 Å². The van der Waals surface area contributed by atoms with Crippen LogP contribution in [0.2, 0.25) is 0 Å². The van der Waals surface area contributed by atoms with Gasteiger partial charge in [0.1, 0.15) is 5.82 Å². The van der Waals surface area contributed by atoms with E-state index in [1.54, 1.807) is 36.9 Å². The molecule has 0 spiro atoms. The van der Waals surface area contributed by atoms with Crippen LogP contribution >= 0.6 is 0 Å². The third-order valence-electron chi connectivity index (χ3n) is 2.50. The van der Waals surface area contributed by atoms with Gasteiger partial charge in [0.15, 0.2) is 0 Å². The van der Waals surface area contributed by atoms with Gasteiger partial charge in [-0.05, 0) is 6.07 Å². The number of pyridine rings is 1. The van der Waals surface area contributed by atoms with Gasteiger partial charge in [-0.15, -0.1) is 0 Å². The first kappa shape index (κ1) is 9.03. The number of nitrogens with zero attached hydrogens (tertiary/aromatic N) is 2. The Bertz CT molecular complexity index is 645. The van der Waals surface area contributed by atoms with E-state index in [0.717, 1.165) is 11.0 Å². The summed E-state index contributed by atoms with van der Waals surface area (Å²) in [4.78, 5) is 11.2. The number of nitrogens with one attached hydrogen (secondary N) is 1. The maximum Gasteiger partial charge on any atom is 0.131 e. The number of rotatable bonds is 1. The smallest absolute Gasteiger partial charge is 0.131 e. The molecule has 0 aliphatic heterocycles. The third-order valence-corrected chi connectivity index (χ3v) is 2.50. The molecule has 0 aliphatic carbocycles. The van der Waals surface area contributed by atoms with Crippen molar-refractivity contribution in [3.8, 4) is 11.1 Å². The number of hydrogen-bond acceptors (Lipinski definition) is 2. The van der Waals surface area contributed by atoms with E-state index in [-0.39, 0.29) is 5.82 Å². The Kier molecular flexibility index (Phi) is 1.93. The molecule has 16 heavy (non-hydrogen) atoms. The summed E-state index contributed by atoms with van der Waals surface area (Å²) in [5.41, 5.74) is 2.77. The fourth-order valence-corrected chi connectivity index (χ4v) is 1.74. The fourth-order valence-electron chi connectivity index (χ4n) is 1.74. The zero-order chi connectivity index (χ0) is 11.0. The number of fused-ring (bicyclic) bond motifs is 1. The van der Waals surface area contributed by atoms with E-state index in [4.69, 9.17) is 0 Å². The highest BCUT2D eigenvalue weighted by Gasteiger charge is 2.09. The molecule has 0 bridgehead atoms. The lowest BCUT2D eigenvalue weighted by Crippen LogP contribution is -1.86. The first-order valence-corrected chi connectivity index (χ1v) is 4.88. The van der Waals surface area contributed by atoms with Gasteiger partial charge in [-0.1, -0.05) is 18.2 Å². The van der Waals surface area contributed by atoms with Gasteiger partial charge in [0.2, 0.25) is 0 Å². The van der Waals surface area contributed by atoms with Gasteiger partial charge in [-0.2, -0.15) is 0 Å². The molecule has 0 saturated carbocycles. The zero-order valence-electron chi connectivity index (χ0n) is 8.31. The van der Waals surface area contributed by atoms with E-state index in [2.05, 4.69) is 15.0 Å². The molecule has 3 rings (SSSR count). The van der Waals surface area contributed by atoms with Crippen molar-refractivity contribution in [2.75, 3.05) is 0 Å². The summed E-state index contributed by atoms with van der Waals surface area (Å²) >= 11 is 0. The second-order valence-electron chi connectivity index (χ2n) is 3.47. The predicted molar refractivity (Wildman–Crippen MR) is 59.3 cm³/mol. The van der Waals surface area contributed by atoms with Crippen LogP contribution in [0.15, 0.2) is 43.0 Å². The average Bonchev–Trinajstić information content (AvgIpc) is 2.77. The topological polar surface area (TPSA) is 41.6 Å². The Morgan fingerprint density at radius 3 is 2.81 bits per heavy atom. The van der Waals surface area contributed by atoms with E-state index >= 15 is 0 Å². The summed E-state index contributed by atoms with van der Waals surface area (Å²) in [6, 6.07) is 6.61. The van der Waals surface area contributed by atoms with Gasteiger partial charge < -0.3 is 4.98 Å².